The molecule has 0 saturated carbocycles. The minimum absolute atomic E-state index is 0.643. The Morgan fingerprint density at radius 3 is 2.38 bits per heavy atom. The highest BCUT2D eigenvalue weighted by molar-refractivity contribution is 7.99. The van der Waals surface area contributed by atoms with Gasteiger partial charge in [-0.3, -0.25) is 0 Å². The Bertz CT molecular complexity index is 593. The summed E-state index contributed by atoms with van der Waals surface area (Å²) < 4.78 is 11.0. The fourth-order valence-corrected chi connectivity index (χ4v) is 2.91. The van der Waals surface area contributed by atoms with Crippen LogP contribution >= 0.6 is 11.8 Å². The van der Waals surface area contributed by atoms with Crippen LogP contribution in [0.5, 0.6) is 11.5 Å². The molecule has 0 fully saturated rings. The van der Waals surface area contributed by atoms with Gasteiger partial charge in [0.15, 0.2) is 0 Å². The van der Waals surface area contributed by atoms with Crippen molar-refractivity contribution in [2.75, 3.05) is 25.2 Å². The van der Waals surface area contributed by atoms with Gasteiger partial charge in [0.25, 0.3) is 0 Å². The number of methoxy groups -OCH3 is 1. The second-order valence-electron chi connectivity index (χ2n) is 4.92. The van der Waals surface area contributed by atoms with E-state index in [1.165, 1.54) is 11.1 Å². The summed E-state index contributed by atoms with van der Waals surface area (Å²) in [6, 6.07) is 11.9. The van der Waals surface area contributed by atoms with Crippen LogP contribution in [-0.4, -0.2) is 19.5 Å². The van der Waals surface area contributed by atoms with Crippen molar-refractivity contribution in [2.45, 2.75) is 18.7 Å². The Morgan fingerprint density at radius 2 is 1.71 bits per heavy atom. The van der Waals surface area contributed by atoms with E-state index in [1.54, 1.807) is 18.9 Å². The highest BCUT2D eigenvalue weighted by atomic mass is 32.2. The van der Waals surface area contributed by atoms with Crippen molar-refractivity contribution < 1.29 is 9.47 Å². The van der Waals surface area contributed by atoms with E-state index >= 15 is 0 Å². The molecule has 0 atom stereocenters. The van der Waals surface area contributed by atoms with Crippen molar-refractivity contribution in [3.05, 3.63) is 47.5 Å². The van der Waals surface area contributed by atoms with E-state index in [0.29, 0.717) is 6.61 Å². The Kier molecular flexibility index (Phi) is 5.39. The zero-order valence-corrected chi connectivity index (χ0v) is 13.5. The van der Waals surface area contributed by atoms with Crippen molar-refractivity contribution >= 4 is 17.4 Å². The first-order valence-corrected chi connectivity index (χ1v) is 7.84. The maximum atomic E-state index is 5.96. The van der Waals surface area contributed by atoms with Crippen molar-refractivity contribution in [1.82, 2.24) is 0 Å². The van der Waals surface area contributed by atoms with Crippen LogP contribution in [0.25, 0.3) is 0 Å². The molecule has 0 unspecified atom stereocenters. The lowest BCUT2D eigenvalue weighted by molar-refractivity contribution is 0.343. The Hall–Kier alpha value is -1.81. The summed E-state index contributed by atoms with van der Waals surface area (Å²) in [4.78, 5) is 1.03. The summed E-state index contributed by atoms with van der Waals surface area (Å²) in [6.45, 7) is 4.79. The molecule has 112 valence electrons. The lowest BCUT2D eigenvalue weighted by Crippen LogP contribution is -2.01. The molecule has 0 bridgehead atoms. The zero-order valence-electron chi connectivity index (χ0n) is 12.7. The third-order valence-electron chi connectivity index (χ3n) is 3.03. The third kappa shape index (κ3) is 4.60. The standard InChI is InChI=1S/C17H21NO2S/c1-12-8-13(2)10-15(9-12)20-6-7-21-17-11-14(19-3)4-5-16(17)18/h4-5,8-11H,6-7,18H2,1-3H3. The number of thioether (sulfide) groups is 1. The predicted molar refractivity (Wildman–Crippen MR) is 89.5 cm³/mol. The first-order valence-electron chi connectivity index (χ1n) is 6.86. The van der Waals surface area contributed by atoms with Gasteiger partial charge in [0.2, 0.25) is 0 Å². The van der Waals surface area contributed by atoms with Crippen LogP contribution in [0.4, 0.5) is 5.69 Å². The lowest BCUT2D eigenvalue weighted by Gasteiger charge is -2.10. The summed E-state index contributed by atoms with van der Waals surface area (Å²) >= 11 is 1.67. The molecule has 0 radical (unpaired) electrons. The molecule has 2 N–H and O–H groups in total. The van der Waals surface area contributed by atoms with Gasteiger partial charge in [-0.1, -0.05) is 6.07 Å². The smallest absolute Gasteiger partial charge is 0.120 e. The number of nitrogens with two attached hydrogens (primary N) is 1. The summed E-state index contributed by atoms with van der Waals surface area (Å²) in [5.74, 6) is 2.58. The third-order valence-corrected chi connectivity index (χ3v) is 4.06. The molecule has 2 aromatic rings. The summed E-state index contributed by atoms with van der Waals surface area (Å²) in [5, 5.41) is 0. The van der Waals surface area contributed by atoms with E-state index in [-0.39, 0.29) is 0 Å². The molecule has 0 heterocycles. The van der Waals surface area contributed by atoms with Gasteiger partial charge in [-0.15, -0.1) is 11.8 Å². The van der Waals surface area contributed by atoms with Crippen LogP contribution in [0.3, 0.4) is 0 Å². The second-order valence-corrected chi connectivity index (χ2v) is 6.06. The molecule has 4 heteroatoms. The number of anilines is 1. The molecule has 2 aromatic carbocycles. The molecular formula is C17H21NO2S. The van der Waals surface area contributed by atoms with Crippen LogP contribution in [0.2, 0.25) is 0 Å². The number of aryl methyl sites for hydroxylation is 2. The molecule has 0 amide bonds. The topological polar surface area (TPSA) is 44.5 Å². The average Bonchev–Trinajstić information content (AvgIpc) is 2.44. The van der Waals surface area contributed by atoms with Gasteiger partial charge < -0.3 is 15.2 Å². The first-order chi connectivity index (χ1) is 10.1. The van der Waals surface area contributed by atoms with E-state index in [9.17, 15) is 0 Å². The molecule has 2 rings (SSSR count). The van der Waals surface area contributed by atoms with Crippen LogP contribution in [-0.2, 0) is 0 Å². The number of ether oxygens (including phenoxy) is 2. The quantitative estimate of drug-likeness (QED) is 0.496. The molecule has 0 aromatic heterocycles. The summed E-state index contributed by atoms with van der Waals surface area (Å²) in [7, 11) is 1.66. The van der Waals surface area contributed by atoms with Crippen LogP contribution in [0.15, 0.2) is 41.3 Å². The van der Waals surface area contributed by atoms with E-state index in [0.717, 1.165) is 27.8 Å². The molecule has 3 nitrogen and oxygen atoms in total. The maximum absolute atomic E-state index is 5.96. The minimum Gasteiger partial charge on any atom is -0.497 e. The van der Waals surface area contributed by atoms with Crippen molar-refractivity contribution in [1.29, 1.82) is 0 Å². The van der Waals surface area contributed by atoms with Crippen LogP contribution < -0.4 is 15.2 Å². The average molecular weight is 303 g/mol. The van der Waals surface area contributed by atoms with E-state index in [2.05, 4.69) is 32.0 Å². The van der Waals surface area contributed by atoms with Crippen LogP contribution in [0.1, 0.15) is 11.1 Å². The fraction of sp³-hybridized carbons (Fsp3) is 0.294. The number of nitrogen functional groups attached to an aromatic ring is 1. The first kappa shape index (κ1) is 15.6. The largest absolute Gasteiger partial charge is 0.497 e. The van der Waals surface area contributed by atoms with E-state index in [4.69, 9.17) is 15.2 Å². The highest BCUT2D eigenvalue weighted by Gasteiger charge is 2.03. The Labute approximate surface area is 130 Å². The van der Waals surface area contributed by atoms with Gasteiger partial charge in [0.1, 0.15) is 11.5 Å². The number of hydrogen-bond acceptors (Lipinski definition) is 4. The molecule has 21 heavy (non-hydrogen) atoms. The van der Waals surface area contributed by atoms with Crippen molar-refractivity contribution in [2.24, 2.45) is 0 Å². The van der Waals surface area contributed by atoms with Crippen LogP contribution in [0, 0.1) is 13.8 Å². The highest BCUT2D eigenvalue weighted by Crippen LogP contribution is 2.29. The van der Waals surface area contributed by atoms with Gasteiger partial charge >= 0.3 is 0 Å². The SMILES string of the molecule is COc1ccc(N)c(SCCOc2cc(C)cc(C)c2)c1. The van der Waals surface area contributed by atoms with Gasteiger partial charge in [-0.25, -0.2) is 0 Å². The summed E-state index contributed by atoms with van der Waals surface area (Å²) in [6.07, 6.45) is 0. The molecular weight excluding hydrogens is 282 g/mol. The predicted octanol–water partition coefficient (Wildman–Crippen LogP) is 4.07. The van der Waals surface area contributed by atoms with E-state index in [1.807, 2.05) is 18.2 Å². The Morgan fingerprint density at radius 1 is 1.00 bits per heavy atom. The van der Waals surface area contributed by atoms with Gasteiger partial charge in [0.05, 0.1) is 13.7 Å². The van der Waals surface area contributed by atoms with Gasteiger partial charge in [0, 0.05) is 16.3 Å². The van der Waals surface area contributed by atoms with E-state index < -0.39 is 0 Å². The monoisotopic (exact) mass is 303 g/mol. The minimum atomic E-state index is 0.643. The second kappa shape index (κ2) is 7.27. The van der Waals surface area contributed by atoms with Crippen molar-refractivity contribution in [3.63, 3.8) is 0 Å². The molecule has 0 aliphatic carbocycles. The number of rotatable bonds is 6. The Balaban J connectivity index is 1.87. The normalized spacial score (nSPS) is 10.4. The van der Waals surface area contributed by atoms with Crippen molar-refractivity contribution in [3.8, 4) is 11.5 Å². The molecule has 0 saturated heterocycles. The van der Waals surface area contributed by atoms with Gasteiger partial charge in [-0.05, 0) is 55.3 Å². The number of benzene rings is 2. The molecule has 0 aliphatic rings. The van der Waals surface area contributed by atoms with Gasteiger partial charge in [-0.2, -0.15) is 0 Å². The number of hydrogen-bond donors (Lipinski definition) is 1. The summed E-state index contributed by atoms with van der Waals surface area (Å²) in [5.41, 5.74) is 9.17. The maximum Gasteiger partial charge on any atom is 0.120 e. The fourth-order valence-electron chi connectivity index (χ4n) is 2.09. The molecule has 0 aliphatic heterocycles. The molecule has 0 spiro atoms. The lowest BCUT2D eigenvalue weighted by atomic mass is 10.1. The zero-order chi connectivity index (χ0) is 15.2.